The minimum atomic E-state index is -0.340. The van der Waals surface area contributed by atoms with Gasteiger partial charge in [0.05, 0.1) is 11.8 Å². The first-order valence-corrected chi connectivity index (χ1v) is 19.8. The Morgan fingerprint density at radius 2 is 1.69 bits per heavy atom. The minimum absolute atomic E-state index is 0.120. The van der Waals surface area contributed by atoms with E-state index in [4.69, 9.17) is 16.6 Å². The number of amidine groups is 1. The number of thiophene rings is 1. The van der Waals surface area contributed by atoms with E-state index >= 15 is 0 Å². The van der Waals surface area contributed by atoms with Crippen LogP contribution in [-0.4, -0.2) is 52.1 Å². The molecule has 5 unspecified atom stereocenters. The third-order valence-corrected chi connectivity index (χ3v) is 14.9. The van der Waals surface area contributed by atoms with Gasteiger partial charge in [-0.3, -0.25) is 29.7 Å². The van der Waals surface area contributed by atoms with Crippen LogP contribution in [0.25, 0.3) is 0 Å². The van der Waals surface area contributed by atoms with Crippen molar-refractivity contribution < 1.29 is 14.4 Å². The highest BCUT2D eigenvalue weighted by Crippen LogP contribution is 2.63. The number of fused-ring (bicyclic) bond motifs is 4. The number of hydrogen-bond donors (Lipinski definition) is 1. The standard InChI is InChI=1S/C38H49ClN4O3S2/c1-23-24(2)48-36-33(23)34(26-15-17-27(39)18-16-26)40-31(35-42-41-25(3)43(35)36)19-29(45)13-10-12-28(44)11-8-6-7-9-14-32-38(5)21-30(46)20-37(38,4)22-47-32/h15-18,31-32,35,42H,6-14,19-22H2,1-5H3. The second kappa shape index (κ2) is 14.4. The summed E-state index contributed by atoms with van der Waals surface area (Å²) in [6.45, 7) is 10.9. The Hall–Kier alpha value is -2.49. The Labute approximate surface area is 298 Å². The summed E-state index contributed by atoms with van der Waals surface area (Å²) in [5, 5.41) is 6.88. The SMILES string of the molecule is CC1=NNC2C(CC(=O)CCCC(=O)CCCCCCC3SCC4(C)CC(=O)CC34C)N=C(c3ccc(Cl)cc3)c3c(sc(C)c3C)N12. The molecule has 1 aromatic carbocycles. The molecular weight excluding hydrogens is 660 g/mol. The molecular formula is C38H49ClN4O3S2. The van der Waals surface area contributed by atoms with Gasteiger partial charge >= 0.3 is 0 Å². The van der Waals surface area contributed by atoms with Crippen LogP contribution in [-0.2, 0) is 14.4 Å². The Kier molecular flexibility index (Phi) is 10.6. The molecule has 48 heavy (non-hydrogen) atoms. The Morgan fingerprint density at radius 3 is 2.46 bits per heavy atom. The Morgan fingerprint density at radius 1 is 0.979 bits per heavy atom. The number of carbonyl (C=O) groups is 3. The monoisotopic (exact) mass is 708 g/mol. The number of carbonyl (C=O) groups excluding carboxylic acids is 3. The van der Waals surface area contributed by atoms with E-state index in [1.165, 1.54) is 16.9 Å². The van der Waals surface area contributed by atoms with Crippen molar-refractivity contribution in [1.29, 1.82) is 0 Å². The lowest BCUT2D eigenvalue weighted by atomic mass is 9.66. The summed E-state index contributed by atoms with van der Waals surface area (Å²) in [6.07, 6.45) is 8.94. The summed E-state index contributed by atoms with van der Waals surface area (Å²) >= 11 is 10.0. The average Bonchev–Trinajstić information content (AvgIpc) is 3.67. The van der Waals surface area contributed by atoms with E-state index in [1.54, 1.807) is 11.3 Å². The normalized spacial score (nSPS) is 27.6. The van der Waals surface area contributed by atoms with Crippen LogP contribution in [0.15, 0.2) is 34.4 Å². The summed E-state index contributed by atoms with van der Waals surface area (Å²) < 4.78 is 0. The highest BCUT2D eigenvalue weighted by atomic mass is 35.5. The van der Waals surface area contributed by atoms with Crippen LogP contribution in [0, 0.1) is 24.7 Å². The Balaban J connectivity index is 0.980. The molecule has 0 bridgehead atoms. The van der Waals surface area contributed by atoms with Gasteiger partial charge in [0.1, 0.15) is 34.4 Å². The summed E-state index contributed by atoms with van der Waals surface area (Å²) in [5.74, 6) is 2.78. The number of aliphatic imine (C=N–C) groups is 1. The molecule has 1 N–H and O–H groups in total. The maximum absolute atomic E-state index is 13.4. The van der Waals surface area contributed by atoms with Crippen molar-refractivity contribution in [3.8, 4) is 0 Å². The number of unbranched alkanes of at least 4 members (excludes halogenated alkanes) is 3. The fourth-order valence-electron chi connectivity index (χ4n) is 8.21. The summed E-state index contributed by atoms with van der Waals surface area (Å²) in [7, 11) is 0. The van der Waals surface area contributed by atoms with Crippen molar-refractivity contribution >= 4 is 68.6 Å². The fourth-order valence-corrected chi connectivity index (χ4v) is 11.6. The van der Waals surface area contributed by atoms with Crippen LogP contribution < -0.4 is 10.3 Å². The third-order valence-electron chi connectivity index (χ3n) is 11.4. The lowest BCUT2D eigenvalue weighted by molar-refractivity contribution is -0.121. The van der Waals surface area contributed by atoms with Crippen LogP contribution in [0.4, 0.5) is 5.00 Å². The van der Waals surface area contributed by atoms with Crippen molar-refractivity contribution in [2.24, 2.45) is 20.9 Å². The number of nitrogens with one attached hydrogen (secondary N) is 1. The van der Waals surface area contributed by atoms with Gasteiger partial charge in [0.15, 0.2) is 0 Å². The van der Waals surface area contributed by atoms with Crippen LogP contribution >= 0.6 is 34.7 Å². The van der Waals surface area contributed by atoms with Crippen molar-refractivity contribution in [3.05, 3.63) is 50.9 Å². The van der Waals surface area contributed by atoms with Gasteiger partial charge in [-0.1, -0.05) is 56.8 Å². The summed E-state index contributed by atoms with van der Waals surface area (Å²) in [5.41, 5.74) is 7.71. The van der Waals surface area contributed by atoms with Gasteiger partial charge in [-0.05, 0) is 74.3 Å². The number of hydrogen-bond acceptors (Lipinski definition) is 9. The molecule has 3 aliphatic heterocycles. The molecule has 7 nitrogen and oxygen atoms in total. The number of nitrogens with zero attached hydrogens (tertiary/aromatic N) is 3. The van der Waals surface area contributed by atoms with Gasteiger partial charge < -0.3 is 0 Å². The van der Waals surface area contributed by atoms with Gasteiger partial charge in [-0.2, -0.15) is 16.9 Å². The molecule has 10 heteroatoms. The first-order valence-electron chi connectivity index (χ1n) is 17.6. The first-order chi connectivity index (χ1) is 22.9. The number of anilines is 1. The molecule has 1 saturated heterocycles. The van der Waals surface area contributed by atoms with E-state index in [9.17, 15) is 14.4 Å². The van der Waals surface area contributed by atoms with E-state index < -0.39 is 0 Å². The number of rotatable bonds is 14. The van der Waals surface area contributed by atoms with Crippen LogP contribution in [0.3, 0.4) is 0 Å². The van der Waals surface area contributed by atoms with Crippen molar-refractivity contribution in [2.75, 3.05) is 10.7 Å². The smallest absolute Gasteiger partial charge is 0.144 e. The molecule has 2 aromatic rings. The number of hydrazone groups is 1. The molecule has 0 spiro atoms. The fraction of sp³-hybridized carbons (Fsp3) is 0.605. The predicted octanol–water partition coefficient (Wildman–Crippen LogP) is 8.84. The molecule has 4 heterocycles. The van der Waals surface area contributed by atoms with E-state index in [1.807, 2.05) is 31.2 Å². The van der Waals surface area contributed by atoms with E-state index in [2.05, 4.69) is 54.9 Å². The van der Waals surface area contributed by atoms with E-state index in [-0.39, 0.29) is 41.0 Å². The predicted molar refractivity (Wildman–Crippen MR) is 200 cm³/mol. The minimum Gasteiger partial charge on any atom is -0.300 e. The van der Waals surface area contributed by atoms with Crippen LogP contribution in [0.1, 0.15) is 119 Å². The van der Waals surface area contributed by atoms with E-state index in [0.29, 0.717) is 41.7 Å². The van der Waals surface area contributed by atoms with Crippen LogP contribution in [0.2, 0.25) is 5.02 Å². The highest BCUT2D eigenvalue weighted by molar-refractivity contribution is 8.00. The quantitative estimate of drug-likeness (QED) is 0.197. The number of benzene rings is 1. The molecule has 4 aliphatic rings. The lowest BCUT2D eigenvalue weighted by Gasteiger charge is -2.37. The average molecular weight is 709 g/mol. The molecule has 5 atom stereocenters. The molecule has 0 amide bonds. The lowest BCUT2D eigenvalue weighted by Crippen LogP contribution is -2.47. The number of ketones is 3. The Bertz CT molecular complexity index is 1630. The topological polar surface area (TPSA) is 91.2 Å². The molecule has 2 fully saturated rings. The third kappa shape index (κ3) is 6.93. The zero-order valence-electron chi connectivity index (χ0n) is 29.0. The maximum atomic E-state index is 13.4. The van der Waals surface area contributed by atoms with Gasteiger partial charge in [0.25, 0.3) is 0 Å². The molecule has 1 saturated carbocycles. The van der Waals surface area contributed by atoms with Crippen LogP contribution in [0.5, 0.6) is 0 Å². The maximum Gasteiger partial charge on any atom is 0.144 e. The zero-order valence-corrected chi connectivity index (χ0v) is 31.4. The van der Waals surface area contributed by atoms with Gasteiger partial charge in [0.2, 0.25) is 0 Å². The zero-order chi connectivity index (χ0) is 34.2. The highest BCUT2D eigenvalue weighted by Gasteiger charge is 2.60. The van der Waals surface area contributed by atoms with Gasteiger partial charge in [0, 0.05) is 64.8 Å². The largest absolute Gasteiger partial charge is 0.300 e. The van der Waals surface area contributed by atoms with Crippen molar-refractivity contribution in [3.63, 3.8) is 0 Å². The first kappa shape index (κ1) is 35.3. The molecule has 1 aromatic heterocycles. The second-order valence-corrected chi connectivity index (χ2v) is 17.7. The second-order valence-electron chi connectivity index (χ2n) is 14.9. The molecule has 0 radical (unpaired) electrons. The number of halogens is 1. The number of thioether (sulfide) groups is 1. The van der Waals surface area contributed by atoms with Crippen molar-refractivity contribution in [1.82, 2.24) is 5.43 Å². The van der Waals surface area contributed by atoms with Crippen molar-refractivity contribution in [2.45, 2.75) is 129 Å². The molecule has 258 valence electrons. The molecule has 6 rings (SSSR count). The number of Topliss-reactive ketones (excluding diaryl/α,β-unsaturated/α-hetero) is 3. The summed E-state index contributed by atoms with van der Waals surface area (Å²) in [4.78, 5) is 47.0. The van der Waals surface area contributed by atoms with Gasteiger partial charge in [-0.25, -0.2) is 0 Å². The number of aryl methyl sites for hydroxylation is 1. The molecule has 1 aliphatic carbocycles. The summed E-state index contributed by atoms with van der Waals surface area (Å²) in [6, 6.07) is 7.41. The van der Waals surface area contributed by atoms with E-state index in [0.717, 1.165) is 72.0 Å². The van der Waals surface area contributed by atoms with Gasteiger partial charge in [-0.15, -0.1) is 11.3 Å².